The number of nitrogens with one attached hydrogen (secondary N) is 1. The van der Waals surface area contributed by atoms with Crippen LogP contribution in [0.1, 0.15) is 45.1 Å². The third kappa shape index (κ3) is 3.59. The van der Waals surface area contributed by atoms with Gasteiger partial charge in [0.1, 0.15) is 25.3 Å². The fraction of sp³-hybridized carbons (Fsp3) is 0.591. The molecule has 0 spiro atoms. The molecule has 2 fully saturated rings. The number of likely N-dealkylation sites (N-methyl/N-ethyl adjacent to an activating group) is 1. The Balaban J connectivity index is 1.47. The molecule has 162 valence electrons. The van der Waals surface area contributed by atoms with Gasteiger partial charge in [-0.25, -0.2) is 4.79 Å². The predicted octanol–water partition coefficient (Wildman–Crippen LogP) is 2.26. The number of ether oxygens (including phenoxy) is 2. The van der Waals surface area contributed by atoms with Crippen LogP contribution < -0.4 is 14.8 Å². The van der Waals surface area contributed by atoms with Crippen molar-refractivity contribution >= 4 is 17.8 Å². The average molecular weight is 415 g/mol. The van der Waals surface area contributed by atoms with Gasteiger partial charge in [0, 0.05) is 13.1 Å². The number of hydrogen-bond acceptors (Lipinski definition) is 5. The van der Waals surface area contributed by atoms with Gasteiger partial charge in [-0.3, -0.25) is 14.5 Å². The van der Waals surface area contributed by atoms with Crippen molar-refractivity contribution in [3.63, 3.8) is 0 Å². The van der Waals surface area contributed by atoms with E-state index < -0.39 is 17.5 Å². The fourth-order valence-corrected chi connectivity index (χ4v) is 4.47. The number of hydrogen-bond donors (Lipinski definition) is 1. The van der Waals surface area contributed by atoms with Gasteiger partial charge in [-0.1, -0.05) is 13.0 Å². The summed E-state index contributed by atoms with van der Waals surface area (Å²) in [6, 6.07) is 4.80. The molecular formula is C22H29N3O5. The van der Waals surface area contributed by atoms with E-state index in [1.165, 1.54) is 0 Å². The molecule has 8 nitrogen and oxygen atoms in total. The molecule has 3 aliphatic rings. The minimum Gasteiger partial charge on any atom is -0.486 e. The maximum Gasteiger partial charge on any atom is 0.325 e. The number of carbonyl (C=O) groups excluding carboxylic acids is 3. The van der Waals surface area contributed by atoms with Crippen LogP contribution in [0.15, 0.2) is 18.2 Å². The highest BCUT2D eigenvalue weighted by atomic mass is 16.6. The third-order valence-corrected chi connectivity index (χ3v) is 6.61. The molecule has 1 aromatic carbocycles. The van der Waals surface area contributed by atoms with Gasteiger partial charge in [0.05, 0.1) is 0 Å². The maximum atomic E-state index is 13.2. The molecule has 1 aromatic rings. The van der Waals surface area contributed by atoms with Gasteiger partial charge in [-0.15, -0.1) is 0 Å². The molecule has 30 heavy (non-hydrogen) atoms. The molecule has 1 aliphatic carbocycles. The monoisotopic (exact) mass is 415 g/mol. The van der Waals surface area contributed by atoms with Gasteiger partial charge in [0.2, 0.25) is 5.91 Å². The first kappa shape index (κ1) is 20.5. The van der Waals surface area contributed by atoms with Crippen molar-refractivity contribution in [2.75, 3.05) is 26.8 Å². The lowest BCUT2D eigenvalue weighted by Gasteiger charge is -2.34. The Labute approximate surface area is 176 Å². The lowest BCUT2D eigenvalue weighted by molar-refractivity contribution is -0.139. The van der Waals surface area contributed by atoms with Crippen LogP contribution in [0.25, 0.3) is 0 Å². The maximum absolute atomic E-state index is 13.2. The molecule has 8 heteroatoms. The highest BCUT2D eigenvalue weighted by Gasteiger charge is 2.50. The number of imide groups is 1. The van der Waals surface area contributed by atoms with E-state index in [4.69, 9.17) is 9.47 Å². The largest absolute Gasteiger partial charge is 0.486 e. The zero-order valence-electron chi connectivity index (χ0n) is 17.8. The van der Waals surface area contributed by atoms with Gasteiger partial charge >= 0.3 is 6.03 Å². The Bertz CT molecular complexity index is 864. The zero-order valence-corrected chi connectivity index (χ0v) is 17.8. The number of carbonyl (C=O) groups is 3. The molecule has 1 atom stereocenters. The first-order valence-electron chi connectivity index (χ1n) is 10.6. The Morgan fingerprint density at radius 3 is 2.53 bits per heavy atom. The highest BCUT2D eigenvalue weighted by Crippen LogP contribution is 2.37. The van der Waals surface area contributed by atoms with Crippen LogP contribution in [0.3, 0.4) is 0 Å². The van der Waals surface area contributed by atoms with Crippen molar-refractivity contribution in [3.05, 3.63) is 23.8 Å². The molecule has 4 amide bonds. The van der Waals surface area contributed by atoms with Crippen molar-refractivity contribution in [1.29, 1.82) is 0 Å². The second kappa shape index (κ2) is 7.81. The normalized spacial score (nSPS) is 28.3. The quantitative estimate of drug-likeness (QED) is 0.762. The first-order chi connectivity index (χ1) is 14.3. The van der Waals surface area contributed by atoms with E-state index in [1.54, 1.807) is 37.1 Å². The second-order valence-corrected chi connectivity index (χ2v) is 8.72. The SMILES string of the molecule is CC1CCC(N(C)C(=O)CN2C(=O)N[C@](C)(c3ccc4c(c3)OCCO4)C2=O)CC1. The van der Waals surface area contributed by atoms with E-state index in [0.29, 0.717) is 36.2 Å². The molecule has 2 aliphatic heterocycles. The number of amides is 4. The van der Waals surface area contributed by atoms with Crippen molar-refractivity contribution in [1.82, 2.24) is 15.1 Å². The Kier molecular flexibility index (Phi) is 5.34. The van der Waals surface area contributed by atoms with Gasteiger partial charge in [-0.2, -0.15) is 0 Å². The van der Waals surface area contributed by atoms with Gasteiger partial charge in [0.25, 0.3) is 5.91 Å². The molecule has 1 saturated heterocycles. The lowest BCUT2D eigenvalue weighted by atomic mass is 9.87. The minimum absolute atomic E-state index is 0.165. The summed E-state index contributed by atoms with van der Waals surface area (Å²) in [6.07, 6.45) is 4.10. The van der Waals surface area contributed by atoms with Crippen molar-refractivity contribution in [2.45, 2.75) is 51.1 Å². The summed E-state index contributed by atoms with van der Waals surface area (Å²) in [4.78, 5) is 41.3. The van der Waals surface area contributed by atoms with Crippen LogP contribution in [0.2, 0.25) is 0 Å². The smallest absolute Gasteiger partial charge is 0.325 e. The van der Waals surface area contributed by atoms with E-state index in [1.807, 2.05) is 0 Å². The van der Waals surface area contributed by atoms with E-state index in [-0.39, 0.29) is 18.5 Å². The Morgan fingerprint density at radius 1 is 1.17 bits per heavy atom. The number of fused-ring (bicyclic) bond motifs is 1. The van der Waals surface area contributed by atoms with Crippen molar-refractivity contribution < 1.29 is 23.9 Å². The van der Waals surface area contributed by atoms with E-state index in [2.05, 4.69) is 12.2 Å². The van der Waals surface area contributed by atoms with Gasteiger partial charge < -0.3 is 19.7 Å². The summed E-state index contributed by atoms with van der Waals surface area (Å²) in [5, 5.41) is 2.75. The number of benzene rings is 1. The first-order valence-corrected chi connectivity index (χ1v) is 10.6. The summed E-state index contributed by atoms with van der Waals surface area (Å²) < 4.78 is 11.1. The van der Waals surface area contributed by atoms with Crippen LogP contribution in [0.5, 0.6) is 11.5 Å². The lowest BCUT2D eigenvalue weighted by Crippen LogP contribution is -2.47. The van der Waals surface area contributed by atoms with Gasteiger partial charge in [-0.05, 0) is 56.2 Å². The molecule has 0 unspecified atom stereocenters. The number of rotatable bonds is 4. The summed E-state index contributed by atoms with van der Waals surface area (Å²) in [5.41, 5.74) is -0.666. The Hall–Kier alpha value is -2.77. The predicted molar refractivity (Wildman–Crippen MR) is 109 cm³/mol. The standard InChI is InChI=1S/C22H29N3O5/c1-14-4-7-16(8-5-14)24(3)19(26)13-25-20(27)22(2,23-21(25)28)15-6-9-17-18(12-15)30-11-10-29-17/h6,9,12,14,16H,4-5,7-8,10-11,13H2,1-3H3,(H,23,28)/t14?,16?,22-/m1/s1. The molecule has 1 saturated carbocycles. The molecule has 4 rings (SSSR count). The Morgan fingerprint density at radius 2 is 1.83 bits per heavy atom. The third-order valence-electron chi connectivity index (χ3n) is 6.61. The van der Waals surface area contributed by atoms with E-state index in [9.17, 15) is 14.4 Å². The van der Waals surface area contributed by atoms with Crippen molar-refractivity contribution in [3.8, 4) is 11.5 Å². The van der Waals surface area contributed by atoms with E-state index in [0.717, 1.165) is 30.6 Å². The van der Waals surface area contributed by atoms with Crippen molar-refractivity contribution in [2.24, 2.45) is 5.92 Å². The summed E-state index contributed by atoms with van der Waals surface area (Å²) in [7, 11) is 1.77. The van der Waals surface area contributed by atoms with Gasteiger partial charge in [0.15, 0.2) is 11.5 Å². The summed E-state index contributed by atoms with van der Waals surface area (Å²) in [6.45, 7) is 4.52. The van der Waals surface area contributed by atoms with Crippen LogP contribution in [0, 0.1) is 5.92 Å². The summed E-state index contributed by atoms with van der Waals surface area (Å²) in [5.74, 6) is 1.18. The zero-order chi connectivity index (χ0) is 21.5. The molecule has 0 aromatic heterocycles. The van der Waals surface area contributed by atoms with Crippen LogP contribution in [-0.2, 0) is 15.1 Å². The second-order valence-electron chi connectivity index (χ2n) is 8.72. The van der Waals surface area contributed by atoms with Crippen LogP contribution >= 0.6 is 0 Å². The topological polar surface area (TPSA) is 88.2 Å². The fourth-order valence-electron chi connectivity index (χ4n) is 4.47. The molecule has 0 bridgehead atoms. The van der Waals surface area contributed by atoms with Crippen LogP contribution in [0.4, 0.5) is 4.79 Å². The molecule has 2 heterocycles. The summed E-state index contributed by atoms with van der Waals surface area (Å²) >= 11 is 0. The molecule has 1 N–H and O–H groups in total. The number of urea groups is 1. The minimum atomic E-state index is -1.26. The number of nitrogens with zero attached hydrogens (tertiary/aromatic N) is 2. The molecular weight excluding hydrogens is 386 g/mol. The van der Waals surface area contributed by atoms with Crippen LogP contribution in [-0.4, -0.2) is 60.5 Å². The van der Waals surface area contributed by atoms with E-state index >= 15 is 0 Å². The average Bonchev–Trinajstić information content (AvgIpc) is 2.97. The molecule has 0 radical (unpaired) electrons. The highest BCUT2D eigenvalue weighted by molar-refractivity contribution is 6.09.